The summed E-state index contributed by atoms with van der Waals surface area (Å²) in [5, 5.41) is 9.52. The van der Waals surface area contributed by atoms with Crippen LogP contribution in [0.3, 0.4) is 0 Å². The second kappa shape index (κ2) is 5.34. The molecule has 98 valence electrons. The molecule has 1 aromatic carbocycles. The molecular weight excluding hydrogens is 275 g/mol. The van der Waals surface area contributed by atoms with E-state index in [-0.39, 0.29) is 34.3 Å². The second-order valence-electron chi connectivity index (χ2n) is 4.31. The number of hydrogen-bond donors (Lipinski definition) is 2. The fourth-order valence-corrected chi connectivity index (χ4v) is 2.18. The predicted octanol–water partition coefficient (Wildman–Crippen LogP) is 2.17. The molecular formula is C12H14Cl2N2O2. The molecule has 3 N–H and O–H groups in total. The summed E-state index contributed by atoms with van der Waals surface area (Å²) in [6, 6.07) is 3.25. The largest absolute Gasteiger partial charge is 0.397 e. The molecule has 1 saturated carbocycles. The van der Waals surface area contributed by atoms with E-state index in [4.69, 9.17) is 34.0 Å². The van der Waals surface area contributed by atoms with Crippen molar-refractivity contribution in [1.82, 2.24) is 4.90 Å². The maximum atomic E-state index is 12.3. The molecule has 0 aliphatic heterocycles. The van der Waals surface area contributed by atoms with Gasteiger partial charge in [0.2, 0.25) is 0 Å². The molecule has 1 aromatic rings. The van der Waals surface area contributed by atoms with Gasteiger partial charge in [-0.25, -0.2) is 0 Å². The van der Waals surface area contributed by atoms with Gasteiger partial charge in [0, 0.05) is 18.2 Å². The topological polar surface area (TPSA) is 66.6 Å². The number of carbonyl (C=O) groups excluding carboxylic acids is 1. The Morgan fingerprint density at radius 1 is 1.44 bits per heavy atom. The SMILES string of the molecule is Nc1cc(C(=O)N(CCO)C2CC2)cc(Cl)c1Cl. The van der Waals surface area contributed by atoms with Crippen molar-refractivity contribution in [2.24, 2.45) is 0 Å². The predicted molar refractivity (Wildman–Crippen MR) is 72.0 cm³/mol. The Kier molecular flexibility index (Phi) is 4.00. The molecule has 4 nitrogen and oxygen atoms in total. The van der Waals surface area contributed by atoms with Gasteiger partial charge >= 0.3 is 0 Å². The fourth-order valence-electron chi connectivity index (χ4n) is 1.84. The number of aliphatic hydroxyl groups excluding tert-OH is 1. The molecule has 2 rings (SSSR count). The molecule has 0 saturated heterocycles. The third kappa shape index (κ3) is 2.71. The van der Waals surface area contributed by atoms with Crippen molar-refractivity contribution in [3.8, 4) is 0 Å². The third-order valence-electron chi connectivity index (χ3n) is 2.89. The van der Waals surface area contributed by atoms with Crippen LogP contribution in [0.4, 0.5) is 5.69 Å². The van der Waals surface area contributed by atoms with Gasteiger partial charge in [0.1, 0.15) is 0 Å². The van der Waals surface area contributed by atoms with E-state index in [0.29, 0.717) is 12.1 Å². The van der Waals surface area contributed by atoms with E-state index in [1.807, 2.05) is 0 Å². The van der Waals surface area contributed by atoms with Crippen LogP contribution in [-0.4, -0.2) is 35.1 Å². The van der Waals surface area contributed by atoms with Crippen LogP contribution in [0.2, 0.25) is 10.0 Å². The number of amides is 1. The monoisotopic (exact) mass is 288 g/mol. The van der Waals surface area contributed by atoms with Gasteiger partial charge in [0.25, 0.3) is 5.91 Å². The first-order valence-electron chi connectivity index (χ1n) is 5.71. The lowest BCUT2D eigenvalue weighted by atomic mass is 10.1. The number of rotatable bonds is 4. The van der Waals surface area contributed by atoms with Crippen molar-refractivity contribution < 1.29 is 9.90 Å². The Morgan fingerprint density at radius 3 is 2.61 bits per heavy atom. The Bertz CT molecular complexity index is 452. The zero-order valence-electron chi connectivity index (χ0n) is 9.70. The number of halogens is 2. The second-order valence-corrected chi connectivity index (χ2v) is 5.10. The van der Waals surface area contributed by atoms with Gasteiger partial charge in [0.05, 0.1) is 22.3 Å². The number of nitrogen functional groups attached to an aromatic ring is 1. The van der Waals surface area contributed by atoms with Gasteiger partial charge in [0.15, 0.2) is 0 Å². The van der Waals surface area contributed by atoms with Crippen LogP contribution in [0.1, 0.15) is 23.2 Å². The van der Waals surface area contributed by atoms with Crippen molar-refractivity contribution >= 4 is 34.8 Å². The summed E-state index contributed by atoms with van der Waals surface area (Å²) in [7, 11) is 0. The van der Waals surface area contributed by atoms with Crippen LogP contribution in [0, 0.1) is 0 Å². The summed E-state index contributed by atoms with van der Waals surface area (Å²) in [6.45, 7) is 0.267. The van der Waals surface area contributed by atoms with Gasteiger partial charge in [-0.3, -0.25) is 4.79 Å². The highest BCUT2D eigenvalue weighted by Gasteiger charge is 2.32. The average molecular weight is 289 g/mol. The lowest BCUT2D eigenvalue weighted by molar-refractivity contribution is 0.0707. The number of nitrogens with two attached hydrogens (primary N) is 1. The first-order chi connectivity index (χ1) is 8.54. The summed E-state index contributed by atoms with van der Waals surface area (Å²) in [5.41, 5.74) is 6.38. The molecule has 0 aromatic heterocycles. The molecule has 0 bridgehead atoms. The van der Waals surface area contributed by atoms with Crippen LogP contribution in [0.25, 0.3) is 0 Å². The van der Waals surface area contributed by atoms with Crippen LogP contribution in [-0.2, 0) is 0 Å². The Morgan fingerprint density at radius 2 is 2.11 bits per heavy atom. The van der Waals surface area contributed by atoms with Gasteiger partial charge in [-0.1, -0.05) is 23.2 Å². The first-order valence-corrected chi connectivity index (χ1v) is 6.46. The summed E-state index contributed by atoms with van der Waals surface area (Å²) in [4.78, 5) is 13.9. The fraction of sp³-hybridized carbons (Fsp3) is 0.417. The van der Waals surface area contributed by atoms with Crippen molar-refractivity contribution in [2.75, 3.05) is 18.9 Å². The lowest BCUT2D eigenvalue weighted by Crippen LogP contribution is -2.35. The summed E-state index contributed by atoms with van der Waals surface area (Å²) in [6.07, 6.45) is 1.95. The van der Waals surface area contributed by atoms with Crippen molar-refractivity contribution in [3.63, 3.8) is 0 Å². The normalized spacial score (nSPS) is 14.6. The Hall–Kier alpha value is -0.970. The summed E-state index contributed by atoms with van der Waals surface area (Å²) < 4.78 is 0. The van der Waals surface area contributed by atoms with Crippen LogP contribution >= 0.6 is 23.2 Å². The number of anilines is 1. The van der Waals surface area contributed by atoms with E-state index in [2.05, 4.69) is 0 Å². The third-order valence-corrected chi connectivity index (χ3v) is 3.71. The molecule has 1 aliphatic carbocycles. The van der Waals surface area contributed by atoms with Crippen LogP contribution in [0.15, 0.2) is 12.1 Å². The van der Waals surface area contributed by atoms with Gasteiger partial charge in [-0.15, -0.1) is 0 Å². The molecule has 0 heterocycles. The van der Waals surface area contributed by atoms with Gasteiger partial charge < -0.3 is 15.7 Å². The minimum absolute atomic E-state index is 0.0565. The zero-order chi connectivity index (χ0) is 13.3. The van der Waals surface area contributed by atoms with E-state index in [0.717, 1.165) is 12.8 Å². The van der Waals surface area contributed by atoms with Crippen molar-refractivity contribution in [3.05, 3.63) is 27.7 Å². The zero-order valence-corrected chi connectivity index (χ0v) is 11.2. The highest BCUT2D eigenvalue weighted by molar-refractivity contribution is 6.43. The maximum absolute atomic E-state index is 12.3. The van der Waals surface area contributed by atoms with Gasteiger partial charge in [-0.05, 0) is 25.0 Å². The molecule has 0 radical (unpaired) electrons. The van der Waals surface area contributed by atoms with Crippen LogP contribution in [0.5, 0.6) is 0 Å². The molecule has 18 heavy (non-hydrogen) atoms. The highest BCUT2D eigenvalue weighted by Crippen LogP contribution is 2.32. The standard InChI is InChI=1S/C12H14Cl2N2O2/c13-9-5-7(6-10(15)11(9)14)12(18)16(3-4-17)8-1-2-8/h5-6,8,17H,1-4,15H2. The first kappa shape index (κ1) is 13.5. The van der Waals surface area contributed by atoms with Crippen molar-refractivity contribution in [1.29, 1.82) is 0 Å². The molecule has 0 spiro atoms. The van der Waals surface area contributed by atoms with E-state index >= 15 is 0 Å². The van der Waals surface area contributed by atoms with Crippen molar-refractivity contribution in [2.45, 2.75) is 18.9 Å². The number of nitrogens with zero attached hydrogens (tertiary/aromatic N) is 1. The van der Waals surface area contributed by atoms with E-state index < -0.39 is 0 Å². The lowest BCUT2D eigenvalue weighted by Gasteiger charge is -2.21. The number of benzene rings is 1. The van der Waals surface area contributed by atoms with E-state index in [1.54, 1.807) is 4.90 Å². The average Bonchev–Trinajstić information content (AvgIpc) is 3.15. The minimum atomic E-state index is -0.170. The van der Waals surface area contributed by atoms with Gasteiger partial charge in [-0.2, -0.15) is 0 Å². The molecule has 1 aliphatic rings. The number of carbonyl (C=O) groups is 1. The van der Waals surface area contributed by atoms with Crippen LogP contribution < -0.4 is 5.73 Å². The number of hydrogen-bond acceptors (Lipinski definition) is 3. The summed E-state index contributed by atoms with van der Waals surface area (Å²) >= 11 is 11.8. The minimum Gasteiger partial charge on any atom is -0.397 e. The molecule has 6 heteroatoms. The number of aliphatic hydroxyl groups is 1. The summed E-state index contributed by atoms with van der Waals surface area (Å²) in [5.74, 6) is -0.170. The molecule has 0 atom stereocenters. The maximum Gasteiger partial charge on any atom is 0.254 e. The smallest absolute Gasteiger partial charge is 0.254 e. The molecule has 1 amide bonds. The van der Waals surface area contributed by atoms with E-state index in [1.165, 1.54) is 12.1 Å². The highest BCUT2D eigenvalue weighted by atomic mass is 35.5. The Labute approximate surface area is 115 Å². The van der Waals surface area contributed by atoms with E-state index in [9.17, 15) is 4.79 Å². The molecule has 1 fully saturated rings. The Balaban J connectivity index is 2.26. The molecule has 0 unspecified atom stereocenters. The quantitative estimate of drug-likeness (QED) is 0.835.